The van der Waals surface area contributed by atoms with Gasteiger partial charge < -0.3 is 11.5 Å². The van der Waals surface area contributed by atoms with Crippen LogP contribution in [0.1, 0.15) is 74.4 Å². The third-order valence-electron chi connectivity index (χ3n) is 6.55. The highest BCUT2D eigenvalue weighted by atomic mass is 15.4. The van der Waals surface area contributed by atoms with Crippen molar-refractivity contribution in [1.29, 1.82) is 0 Å². The maximum absolute atomic E-state index is 6.74. The molecule has 4 N–H and O–H groups in total. The SMILES string of the molecule is Cn1nnc(-c2nc(C3(N)CCC(N)CC3)ncc2C2CC2)c1CC1CC1. The number of nitrogens with zero attached hydrogens (tertiary/aromatic N) is 5. The average Bonchev–Trinajstić information content (AvgIpc) is 3.58. The second kappa shape index (κ2) is 6.34. The van der Waals surface area contributed by atoms with Gasteiger partial charge in [-0.15, -0.1) is 5.10 Å². The minimum absolute atomic E-state index is 0.247. The van der Waals surface area contributed by atoms with E-state index in [1.165, 1.54) is 36.9 Å². The van der Waals surface area contributed by atoms with E-state index >= 15 is 0 Å². The van der Waals surface area contributed by atoms with E-state index < -0.39 is 5.54 Å². The van der Waals surface area contributed by atoms with Gasteiger partial charge in [-0.3, -0.25) is 4.68 Å². The van der Waals surface area contributed by atoms with Crippen LogP contribution in [0, 0.1) is 5.92 Å². The summed E-state index contributed by atoms with van der Waals surface area (Å²) in [6.07, 6.45) is 11.6. The molecular weight excluding hydrogens is 338 g/mol. The van der Waals surface area contributed by atoms with E-state index in [4.69, 9.17) is 21.4 Å². The molecule has 0 aliphatic heterocycles. The molecule has 144 valence electrons. The zero-order chi connectivity index (χ0) is 18.6. The Morgan fingerprint density at radius 3 is 2.52 bits per heavy atom. The zero-order valence-electron chi connectivity index (χ0n) is 16.1. The smallest absolute Gasteiger partial charge is 0.148 e. The van der Waals surface area contributed by atoms with Crippen LogP contribution in [0.2, 0.25) is 0 Å². The van der Waals surface area contributed by atoms with E-state index in [1.807, 2.05) is 17.9 Å². The molecule has 0 atom stereocenters. The van der Waals surface area contributed by atoms with Crippen LogP contribution in [0.4, 0.5) is 0 Å². The normalized spacial score (nSPS) is 28.5. The Labute approximate surface area is 159 Å². The molecule has 5 rings (SSSR count). The highest BCUT2D eigenvalue weighted by Gasteiger charge is 2.37. The van der Waals surface area contributed by atoms with E-state index in [2.05, 4.69) is 10.3 Å². The molecule has 27 heavy (non-hydrogen) atoms. The number of hydrogen-bond donors (Lipinski definition) is 2. The van der Waals surface area contributed by atoms with Gasteiger partial charge in [0, 0.05) is 24.8 Å². The third kappa shape index (κ3) is 3.27. The van der Waals surface area contributed by atoms with Gasteiger partial charge in [0.2, 0.25) is 0 Å². The summed E-state index contributed by atoms with van der Waals surface area (Å²) >= 11 is 0. The molecule has 7 nitrogen and oxygen atoms in total. The van der Waals surface area contributed by atoms with Gasteiger partial charge in [0.25, 0.3) is 0 Å². The molecule has 0 unspecified atom stereocenters. The summed E-state index contributed by atoms with van der Waals surface area (Å²) in [7, 11) is 1.99. The summed E-state index contributed by atoms with van der Waals surface area (Å²) in [6, 6.07) is 0.247. The fourth-order valence-corrected chi connectivity index (χ4v) is 4.28. The van der Waals surface area contributed by atoms with Crippen molar-refractivity contribution in [2.45, 2.75) is 75.3 Å². The van der Waals surface area contributed by atoms with Crippen LogP contribution >= 0.6 is 0 Å². The summed E-state index contributed by atoms with van der Waals surface area (Å²) < 4.78 is 1.92. The van der Waals surface area contributed by atoms with Gasteiger partial charge in [0.1, 0.15) is 11.5 Å². The monoisotopic (exact) mass is 367 g/mol. The predicted molar refractivity (Wildman–Crippen MR) is 103 cm³/mol. The van der Waals surface area contributed by atoms with Crippen LogP contribution in [0.5, 0.6) is 0 Å². The van der Waals surface area contributed by atoms with Gasteiger partial charge in [0.05, 0.1) is 16.9 Å². The molecule has 0 aromatic carbocycles. The van der Waals surface area contributed by atoms with Gasteiger partial charge in [-0.2, -0.15) is 0 Å². The molecular formula is C20H29N7. The lowest BCUT2D eigenvalue weighted by atomic mass is 9.79. The van der Waals surface area contributed by atoms with Crippen LogP contribution in [-0.2, 0) is 19.0 Å². The van der Waals surface area contributed by atoms with Crippen molar-refractivity contribution in [3.63, 3.8) is 0 Å². The first kappa shape index (κ1) is 17.3. The van der Waals surface area contributed by atoms with E-state index in [1.54, 1.807) is 0 Å². The fourth-order valence-electron chi connectivity index (χ4n) is 4.28. The molecule has 2 aromatic heterocycles. The Morgan fingerprint density at radius 2 is 1.85 bits per heavy atom. The molecule has 7 heteroatoms. The van der Waals surface area contributed by atoms with Crippen molar-refractivity contribution in [3.05, 3.63) is 23.3 Å². The summed E-state index contributed by atoms with van der Waals surface area (Å²) in [5.74, 6) is 2.07. The third-order valence-corrected chi connectivity index (χ3v) is 6.55. The highest BCUT2D eigenvalue weighted by molar-refractivity contribution is 5.62. The Kier molecular flexibility index (Phi) is 4.05. The number of hydrogen-bond acceptors (Lipinski definition) is 6. The van der Waals surface area contributed by atoms with Crippen molar-refractivity contribution in [2.24, 2.45) is 24.4 Å². The molecule has 2 aromatic rings. The van der Waals surface area contributed by atoms with Crippen LogP contribution in [0.3, 0.4) is 0 Å². The number of nitrogens with two attached hydrogens (primary N) is 2. The maximum Gasteiger partial charge on any atom is 0.148 e. The molecule has 0 amide bonds. The van der Waals surface area contributed by atoms with Crippen LogP contribution in [0.25, 0.3) is 11.4 Å². The Balaban J connectivity index is 1.56. The number of aromatic nitrogens is 5. The predicted octanol–water partition coefficient (Wildman–Crippen LogP) is 2.16. The van der Waals surface area contributed by atoms with Gasteiger partial charge in [-0.25, -0.2) is 9.97 Å². The molecule has 0 bridgehead atoms. The van der Waals surface area contributed by atoms with E-state index in [9.17, 15) is 0 Å². The zero-order valence-corrected chi connectivity index (χ0v) is 16.1. The van der Waals surface area contributed by atoms with E-state index in [0.717, 1.165) is 55.2 Å². The number of aryl methyl sites for hydroxylation is 1. The first-order valence-corrected chi connectivity index (χ1v) is 10.3. The van der Waals surface area contributed by atoms with Crippen molar-refractivity contribution < 1.29 is 0 Å². The van der Waals surface area contributed by atoms with Gasteiger partial charge >= 0.3 is 0 Å². The summed E-state index contributed by atoms with van der Waals surface area (Å²) in [5, 5.41) is 8.84. The van der Waals surface area contributed by atoms with Crippen LogP contribution in [-0.4, -0.2) is 31.0 Å². The van der Waals surface area contributed by atoms with Crippen molar-refractivity contribution in [2.75, 3.05) is 0 Å². The lowest BCUT2D eigenvalue weighted by Crippen LogP contribution is -2.45. The molecule has 3 fully saturated rings. The lowest BCUT2D eigenvalue weighted by Gasteiger charge is -2.34. The fraction of sp³-hybridized carbons (Fsp3) is 0.700. The lowest BCUT2D eigenvalue weighted by molar-refractivity contribution is 0.264. The molecule has 0 saturated heterocycles. The minimum atomic E-state index is -0.481. The summed E-state index contributed by atoms with van der Waals surface area (Å²) in [5.41, 5.74) is 16.7. The van der Waals surface area contributed by atoms with Gasteiger partial charge in [-0.05, 0) is 69.6 Å². The minimum Gasteiger partial charge on any atom is -0.328 e. The average molecular weight is 368 g/mol. The first-order chi connectivity index (χ1) is 13.0. The van der Waals surface area contributed by atoms with Crippen LogP contribution in [0.15, 0.2) is 6.20 Å². The van der Waals surface area contributed by atoms with E-state index in [0.29, 0.717) is 5.92 Å². The molecule has 2 heterocycles. The van der Waals surface area contributed by atoms with Crippen LogP contribution < -0.4 is 11.5 Å². The first-order valence-electron chi connectivity index (χ1n) is 10.3. The van der Waals surface area contributed by atoms with Gasteiger partial charge in [0.15, 0.2) is 0 Å². The summed E-state index contributed by atoms with van der Waals surface area (Å²) in [4.78, 5) is 9.76. The molecule has 3 aliphatic rings. The standard InChI is InChI=1S/C20H29N7/c1-27-16(10-12-2-3-12)18(25-26-27)17-15(13-4-5-13)11-23-19(24-17)20(22)8-6-14(21)7-9-20/h11-14H,2-10,21-22H2,1H3. The van der Waals surface area contributed by atoms with Crippen molar-refractivity contribution in [1.82, 2.24) is 25.0 Å². The largest absolute Gasteiger partial charge is 0.328 e. The second-order valence-electron chi connectivity index (χ2n) is 8.92. The Morgan fingerprint density at radius 1 is 1.11 bits per heavy atom. The quantitative estimate of drug-likeness (QED) is 0.838. The Hall–Kier alpha value is -1.86. The molecule has 0 spiro atoms. The molecule has 3 aliphatic carbocycles. The number of rotatable bonds is 5. The summed E-state index contributed by atoms with van der Waals surface area (Å²) in [6.45, 7) is 0. The molecule has 0 radical (unpaired) electrons. The van der Waals surface area contributed by atoms with Crippen molar-refractivity contribution in [3.8, 4) is 11.4 Å². The van der Waals surface area contributed by atoms with Crippen molar-refractivity contribution >= 4 is 0 Å². The van der Waals surface area contributed by atoms with E-state index in [-0.39, 0.29) is 6.04 Å². The maximum atomic E-state index is 6.74. The second-order valence-corrected chi connectivity index (χ2v) is 8.92. The molecule has 3 saturated carbocycles. The topological polar surface area (TPSA) is 109 Å². The Bertz CT molecular complexity index is 842. The highest BCUT2D eigenvalue weighted by Crippen LogP contribution is 2.45. The van der Waals surface area contributed by atoms with Gasteiger partial charge in [-0.1, -0.05) is 5.21 Å².